The zero-order chi connectivity index (χ0) is 31.2. The van der Waals surface area contributed by atoms with E-state index in [0.717, 1.165) is 5.56 Å². The maximum absolute atomic E-state index is 14.1. The summed E-state index contributed by atoms with van der Waals surface area (Å²) in [7, 11) is -2.65. The molecule has 0 saturated carbocycles. The number of methoxy groups -OCH3 is 1. The van der Waals surface area contributed by atoms with Gasteiger partial charge in [0, 0.05) is 25.4 Å². The van der Waals surface area contributed by atoms with Crippen LogP contribution in [-0.4, -0.2) is 91.8 Å². The van der Waals surface area contributed by atoms with E-state index < -0.39 is 46.0 Å². The highest BCUT2D eigenvalue weighted by molar-refractivity contribution is 7.89. The second-order valence-electron chi connectivity index (χ2n) is 11.9. The maximum atomic E-state index is 14.1. The predicted molar refractivity (Wildman–Crippen MR) is 158 cm³/mol. The molecule has 2 heterocycles. The van der Waals surface area contributed by atoms with Crippen molar-refractivity contribution in [2.75, 3.05) is 33.4 Å². The largest absolute Gasteiger partial charge is 0.497 e. The standard InChI is InChI=1S/C31H41N3O8S/c1-31(2,15-7-16-32)21-33(43(38,39)24-12-10-23(40-3)11-13-24)19-28(35)26(18-22-8-5-4-6-9-22)34(30(36)37)27-20-42-29-25(27)14-17-41-29/h4-6,8-13,25-29,35H,7,14-15,17-21H2,1-3H3,(H,36,37)/t25-,26+,27-,28-,29+/m1/s1. The Hall–Kier alpha value is -3.21. The average Bonchev–Trinajstić information content (AvgIpc) is 3.61. The summed E-state index contributed by atoms with van der Waals surface area (Å²) in [6, 6.07) is 15.8. The summed E-state index contributed by atoms with van der Waals surface area (Å²) in [4.78, 5) is 14.1. The summed E-state index contributed by atoms with van der Waals surface area (Å²) in [5.74, 6) is 0.304. The van der Waals surface area contributed by atoms with Crippen molar-refractivity contribution < 1.29 is 37.6 Å². The Morgan fingerprint density at radius 2 is 1.86 bits per heavy atom. The molecule has 0 aromatic heterocycles. The molecule has 11 nitrogen and oxygen atoms in total. The van der Waals surface area contributed by atoms with Crippen molar-refractivity contribution >= 4 is 16.1 Å². The smallest absolute Gasteiger partial charge is 0.407 e. The fourth-order valence-corrected chi connectivity index (χ4v) is 7.61. The second-order valence-corrected chi connectivity index (χ2v) is 13.8. The molecule has 2 N–H and O–H groups in total. The second kappa shape index (κ2) is 14.1. The number of nitrogens with zero attached hydrogens (tertiary/aromatic N) is 3. The Balaban J connectivity index is 1.71. The monoisotopic (exact) mass is 615 g/mol. The number of carboxylic acid groups (broad SMARTS) is 1. The number of nitriles is 1. The molecule has 234 valence electrons. The Bertz CT molecular complexity index is 1360. The van der Waals surface area contributed by atoms with Crippen LogP contribution in [-0.2, 0) is 25.9 Å². The van der Waals surface area contributed by atoms with Crippen molar-refractivity contribution in [1.82, 2.24) is 9.21 Å². The first kappa shape index (κ1) is 32.7. The molecule has 43 heavy (non-hydrogen) atoms. The number of fused-ring (bicyclic) bond motifs is 1. The van der Waals surface area contributed by atoms with Crippen LogP contribution in [0.1, 0.15) is 38.7 Å². The van der Waals surface area contributed by atoms with Crippen LogP contribution < -0.4 is 4.74 Å². The van der Waals surface area contributed by atoms with E-state index in [-0.39, 0.29) is 43.4 Å². The molecule has 0 spiro atoms. The molecule has 2 saturated heterocycles. The minimum Gasteiger partial charge on any atom is -0.497 e. The molecule has 2 aromatic rings. The normalized spacial score (nSPS) is 21.6. The lowest BCUT2D eigenvalue weighted by Gasteiger charge is -2.40. The van der Waals surface area contributed by atoms with Crippen molar-refractivity contribution in [3.63, 3.8) is 0 Å². The molecule has 2 aliphatic heterocycles. The summed E-state index contributed by atoms with van der Waals surface area (Å²) in [6.07, 6.45) is -1.66. The molecule has 5 atom stereocenters. The third-order valence-corrected chi connectivity index (χ3v) is 10.1. The summed E-state index contributed by atoms with van der Waals surface area (Å²) in [5.41, 5.74) is 0.194. The van der Waals surface area contributed by atoms with Crippen molar-refractivity contribution in [2.24, 2.45) is 11.3 Å². The SMILES string of the molecule is COc1ccc(S(=O)(=O)N(C[C@@H](O)[C@H](Cc2ccccc2)N(C(=O)O)[C@@H]2CO[C@@H]3OCC[C@@H]32)CC(C)(C)CCC#N)cc1. The minimum atomic E-state index is -4.14. The Labute approximate surface area is 253 Å². The van der Waals surface area contributed by atoms with Gasteiger partial charge in [0.15, 0.2) is 6.29 Å². The number of benzene rings is 2. The van der Waals surface area contributed by atoms with Gasteiger partial charge >= 0.3 is 6.09 Å². The molecule has 2 aliphatic rings. The zero-order valence-corrected chi connectivity index (χ0v) is 25.7. The van der Waals surface area contributed by atoms with Gasteiger partial charge in [-0.1, -0.05) is 44.2 Å². The third kappa shape index (κ3) is 7.85. The number of ether oxygens (including phenoxy) is 3. The van der Waals surface area contributed by atoms with E-state index >= 15 is 0 Å². The number of aliphatic hydroxyl groups is 1. The number of hydrogen-bond acceptors (Lipinski definition) is 8. The molecule has 0 bridgehead atoms. The van der Waals surface area contributed by atoms with Gasteiger partial charge in [0.25, 0.3) is 0 Å². The van der Waals surface area contributed by atoms with E-state index in [1.54, 1.807) is 12.1 Å². The Kier molecular flexibility index (Phi) is 10.7. The van der Waals surface area contributed by atoms with Crippen LogP contribution >= 0.6 is 0 Å². The third-order valence-electron chi connectivity index (χ3n) is 8.28. The lowest BCUT2D eigenvalue weighted by Crippen LogP contribution is -2.58. The first-order valence-corrected chi connectivity index (χ1v) is 15.9. The van der Waals surface area contributed by atoms with Crippen LogP contribution in [0.2, 0.25) is 0 Å². The fourth-order valence-electron chi connectivity index (χ4n) is 5.96. The van der Waals surface area contributed by atoms with Gasteiger partial charge < -0.3 is 24.4 Å². The quantitative estimate of drug-likeness (QED) is 0.324. The highest BCUT2D eigenvalue weighted by Gasteiger charge is 2.49. The molecule has 4 rings (SSSR count). The minimum absolute atomic E-state index is 0.0102. The van der Waals surface area contributed by atoms with Crippen LogP contribution in [0, 0.1) is 22.7 Å². The zero-order valence-electron chi connectivity index (χ0n) is 24.8. The number of carbonyl (C=O) groups is 1. The van der Waals surface area contributed by atoms with Gasteiger partial charge in [-0.2, -0.15) is 9.57 Å². The van der Waals surface area contributed by atoms with Crippen LogP contribution in [0.25, 0.3) is 0 Å². The van der Waals surface area contributed by atoms with Gasteiger partial charge in [-0.25, -0.2) is 13.2 Å². The first-order chi connectivity index (χ1) is 20.5. The summed E-state index contributed by atoms with van der Waals surface area (Å²) in [5, 5.41) is 31.5. The lowest BCUT2D eigenvalue weighted by molar-refractivity contribution is -0.0906. The van der Waals surface area contributed by atoms with Crippen molar-refractivity contribution in [3.8, 4) is 11.8 Å². The number of hydrogen-bond donors (Lipinski definition) is 2. The van der Waals surface area contributed by atoms with Crippen LogP contribution in [0.15, 0.2) is 59.5 Å². The van der Waals surface area contributed by atoms with E-state index in [1.165, 1.54) is 28.4 Å². The average molecular weight is 616 g/mol. The molecule has 12 heteroatoms. The number of rotatable bonds is 14. The van der Waals surface area contributed by atoms with E-state index in [4.69, 9.17) is 14.2 Å². The van der Waals surface area contributed by atoms with Gasteiger partial charge in [-0.05, 0) is 54.5 Å². The summed E-state index contributed by atoms with van der Waals surface area (Å²) in [6.45, 7) is 3.97. The van der Waals surface area contributed by atoms with Crippen LogP contribution in [0.5, 0.6) is 5.75 Å². The summed E-state index contributed by atoms with van der Waals surface area (Å²) >= 11 is 0. The molecular formula is C31H41N3O8S. The molecule has 1 amide bonds. The van der Waals surface area contributed by atoms with Crippen LogP contribution in [0.4, 0.5) is 4.79 Å². The first-order valence-electron chi connectivity index (χ1n) is 14.4. The maximum Gasteiger partial charge on any atom is 0.407 e. The molecule has 0 aliphatic carbocycles. The van der Waals surface area contributed by atoms with Gasteiger partial charge in [-0.3, -0.25) is 4.90 Å². The van der Waals surface area contributed by atoms with Crippen molar-refractivity contribution in [2.45, 2.75) is 68.9 Å². The van der Waals surface area contributed by atoms with Crippen molar-refractivity contribution in [3.05, 3.63) is 60.2 Å². The lowest BCUT2D eigenvalue weighted by atomic mass is 9.87. The topological polar surface area (TPSA) is 150 Å². The number of sulfonamides is 1. The predicted octanol–water partition coefficient (Wildman–Crippen LogP) is 3.73. The van der Waals surface area contributed by atoms with E-state index in [9.17, 15) is 28.7 Å². The van der Waals surface area contributed by atoms with Gasteiger partial charge in [-0.15, -0.1) is 0 Å². The number of aliphatic hydroxyl groups excluding tert-OH is 1. The Morgan fingerprint density at radius 1 is 1.16 bits per heavy atom. The van der Waals surface area contributed by atoms with E-state index in [1.807, 2.05) is 44.2 Å². The molecule has 2 aromatic carbocycles. The van der Waals surface area contributed by atoms with Gasteiger partial charge in [0.05, 0.1) is 49.5 Å². The molecule has 0 radical (unpaired) electrons. The van der Waals surface area contributed by atoms with E-state index in [2.05, 4.69) is 6.07 Å². The van der Waals surface area contributed by atoms with Gasteiger partial charge in [0.1, 0.15) is 5.75 Å². The fraction of sp³-hybridized carbons (Fsp3) is 0.548. The molecular weight excluding hydrogens is 574 g/mol. The number of amides is 1. The van der Waals surface area contributed by atoms with Crippen LogP contribution in [0.3, 0.4) is 0 Å². The Morgan fingerprint density at radius 3 is 2.49 bits per heavy atom. The highest BCUT2D eigenvalue weighted by Crippen LogP contribution is 2.36. The van der Waals surface area contributed by atoms with Gasteiger partial charge in [0.2, 0.25) is 10.0 Å². The summed E-state index contributed by atoms with van der Waals surface area (Å²) < 4.78 is 45.9. The molecule has 2 fully saturated rings. The molecule has 0 unspecified atom stereocenters. The van der Waals surface area contributed by atoms with E-state index in [0.29, 0.717) is 25.2 Å². The highest BCUT2D eigenvalue weighted by atomic mass is 32.2. The van der Waals surface area contributed by atoms with Crippen molar-refractivity contribution in [1.29, 1.82) is 5.26 Å².